The molecule has 116 valence electrons. The highest BCUT2D eigenvalue weighted by Crippen LogP contribution is 2.24. The smallest absolute Gasteiger partial charge is 0.172 e. The first-order chi connectivity index (χ1) is 10.1. The molecule has 0 spiro atoms. The molecule has 1 aromatic rings. The van der Waals surface area contributed by atoms with Crippen LogP contribution in [0.5, 0.6) is 0 Å². The standard InChI is InChI=1S/C16H26N4O/c1-4-20-9-5-6-13(20)11-19(3)15-8-7-12(2)10-14(15)16(17)18-21/h7-8,10,13,21H,4-6,9,11H2,1-3H3,(H2,17,18). The third-order valence-corrected chi connectivity index (χ3v) is 4.34. The van der Waals surface area contributed by atoms with Gasteiger partial charge in [-0.05, 0) is 45.0 Å². The zero-order chi connectivity index (χ0) is 15.4. The fourth-order valence-electron chi connectivity index (χ4n) is 3.17. The minimum Gasteiger partial charge on any atom is -0.409 e. The highest BCUT2D eigenvalue weighted by molar-refractivity contribution is 6.02. The summed E-state index contributed by atoms with van der Waals surface area (Å²) in [6, 6.07) is 6.66. The van der Waals surface area contributed by atoms with Crippen LogP contribution in [0.3, 0.4) is 0 Å². The lowest BCUT2D eigenvalue weighted by atomic mass is 10.1. The monoisotopic (exact) mass is 290 g/mol. The molecule has 0 amide bonds. The van der Waals surface area contributed by atoms with E-state index in [0.717, 1.165) is 29.9 Å². The van der Waals surface area contributed by atoms with Crippen molar-refractivity contribution in [2.24, 2.45) is 10.9 Å². The predicted octanol–water partition coefficient (Wildman–Crippen LogP) is 2.01. The Morgan fingerprint density at radius 3 is 2.95 bits per heavy atom. The molecule has 1 aromatic carbocycles. The van der Waals surface area contributed by atoms with Gasteiger partial charge in [-0.15, -0.1) is 0 Å². The van der Waals surface area contributed by atoms with E-state index in [2.05, 4.69) is 35.0 Å². The van der Waals surface area contributed by atoms with Gasteiger partial charge in [-0.1, -0.05) is 23.7 Å². The van der Waals surface area contributed by atoms with E-state index in [0.29, 0.717) is 6.04 Å². The Hall–Kier alpha value is -1.75. The number of anilines is 1. The SMILES string of the molecule is CCN1CCCC1CN(C)c1ccc(C)cc1/C(N)=N/O. The van der Waals surface area contributed by atoms with Crippen molar-refractivity contribution in [1.29, 1.82) is 0 Å². The van der Waals surface area contributed by atoms with Crippen LogP contribution >= 0.6 is 0 Å². The Morgan fingerprint density at radius 1 is 1.52 bits per heavy atom. The van der Waals surface area contributed by atoms with Crippen LogP contribution in [-0.2, 0) is 0 Å². The van der Waals surface area contributed by atoms with Crippen LogP contribution in [-0.4, -0.2) is 48.7 Å². The topological polar surface area (TPSA) is 65.1 Å². The van der Waals surface area contributed by atoms with E-state index in [1.807, 2.05) is 19.1 Å². The first-order valence-corrected chi connectivity index (χ1v) is 7.60. The normalized spacial score (nSPS) is 20.0. The summed E-state index contributed by atoms with van der Waals surface area (Å²) in [4.78, 5) is 4.74. The third kappa shape index (κ3) is 3.47. The highest BCUT2D eigenvalue weighted by atomic mass is 16.4. The fourth-order valence-corrected chi connectivity index (χ4v) is 3.17. The number of rotatable bonds is 5. The number of amidine groups is 1. The number of hydrogen-bond acceptors (Lipinski definition) is 4. The average Bonchev–Trinajstić information content (AvgIpc) is 2.93. The highest BCUT2D eigenvalue weighted by Gasteiger charge is 2.25. The van der Waals surface area contributed by atoms with Gasteiger partial charge in [0.25, 0.3) is 0 Å². The van der Waals surface area contributed by atoms with Crippen molar-refractivity contribution < 1.29 is 5.21 Å². The number of likely N-dealkylation sites (tertiary alicyclic amines) is 1. The van der Waals surface area contributed by atoms with Crippen molar-refractivity contribution in [2.75, 3.05) is 31.6 Å². The number of aryl methyl sites for hydroxylation is 1. The lowest BCUT2D eigenvalue weighted by molar-refractivity contribution is 0.270. The number of oxime groups is 1. The molecule has 0 aliphatic carbocycles. The average molecular weight is 290 g/mol. The molecule has 1 aliphatic heterocycles. The van der Waals surface area contributed by atoms with Gasteiger partial charge in [0, 0.05) is 30.9 Å². The summed E-state index contributed by atoms with van der Waals surface area (Å²) < 4.78 is 0. The maximum absolute atomic E-state index is 8.99. The molecule has 1 atom stereocenters. The van der Waals surface area contributed by atoms with Crippen LogP contribution in [0.25, 0.3) is 0 Å². The summed E-state index contributed by atoms with van der Waals surface area (Å²) >= 11 is 0. The van der Waals surface area contributed by atoms with Crippen molar-refractivity contribution in [3.63, 3.8) is 0 Å². The first-order valence-electron chi connectivity index (χ1n) is 7.60. The Labute approximate surface area is 127 Å². The van der Waals surface area contributed by atoms with Crippen molar-refractivity contribution >= 4 is 11.5 Å². The van der Waals surface area contributed by atoms with E-state index in [9.17, 15) is 0 Å². The maximum atomic E-state index is 8.99. The second-order valence-electron chi connectivity index (χ2n) is 5.81. The minimum atomic E-state index is 0.166. The molecule has 1 unspecified atom stereocenters. The molecule has 1 saturated heterocycles. The number of likely N-dealkylation sites (N-methyl/N-ethyl adjacent to an activating group) is 2. The number of benzene rings is 1. The molecule has 2 rings (SSSR count). The molecule has 3 N–H and O–H groups in total. The van der Waals surface area contributed by atoms with Gasteiger partial charge in [-0.25, -0.2) is 0 Å². The summed E-state index contributed by atoms with van der Waals surface area (Å²) in [7, 11) is 2.07. The molecular formula is C16H26N4O. The zero-order valence-electron chi connectivity index (χ0n) is 13.2. The van der Waals surface area contributed by atoms with Crippen LogP contribution < -0.4 is 10.6 Å². The van der Waals surface area contributed by atoms with Crippen LogP contribution in [0, 0.1) is 6.92 Å². The summed E-state index contributed by atoms with van der Waals surface area (Å²) in [5.74, 6) is 0.166. The quantitative estimate of drug-likeness (QED) is 0.377. The Kier molecular flexibility index (Phi) is 5.07. The molecule has 0 aromatic heterocycles. The lowest BCUT2D eigenvalue weighted by Crippen LogP contribution is -2.39. The molecule has 0 bridgehead atoms. The third-order valence-electron chi connectivity index (χ3n) is 4.34. The molecule has 1 fully saturated rings. The van der Waals surface area contributed by atoms with Crippen LogP contribution in [0.2, 0.25) is 0 Å². The van der Waals surface area contributed by atoms with Gasteiger partial charge >= 0.3 is 0 Å². The van der Waals surface area contributed by atoms with Gasteiger partial charge in [0.05, 0.1) is 0 Å². The Balaban J connectivity index is 2.20. The molecular weight excluding hydrogens is 264 g/mol. The number of nitrogens with zero attached hydrogens (tertiary/aromatic N) is 3. The van der Waals surface area contributed by atoms with Crippen molar-refractivity contribution in [2.45, 2.75) is 32.7 Å². The fraction of sp³-hybridized carbons (Fsp3) is 0.562. The molecule has 5 nitrogen and oxygen atoms in total. The van der Waals surface area contributed by atoms with Gasteiger partial charge < -0.3 is 15.8 Å². The molecule has 1 heterocycles. The van der Waals surface area contributed by atoms with E-state index < -0.39 is 0 Å². The van der Waals surface area contributed by atoms with E-state index in [1.54, 1.807) is 0 Å². The molecule has 5 heteroatoms. The lowest BCUT2D eigenvalue weighted by Gasteiger charge is -2.30. The molecule has 21 heavy (non-hydrogen) atoms. The Bertz CT molecular complexity index is 515. The van der Waals surface area contributed by atoms with Crippen LogP contribution in [0.1, 0.15) is 30.9 Å². The first kappa shape index (κ1) is 15.6. The van der Waals surface area contributed by atoms with Gasteiger partial charge in [0.1, 0.15) is 0 Å². The maximum Gasteiger partial charge on any atom is 0.172 e. The minimum absolute atomic E-state index is 0.166. The van der Waals surface area contributed by atoms with E-state index >= 15 is 0 Å². The molecule has 1 aliphatic rings. The second kappa shape index (κ2) is 6.80. The Morgan fingerprint density at radius 2 is 2.29 bits per heavy atom. The van der Waals surface area contributed by atoms with Gasteiger partial charge in [-0.3, -0.25) is 4.90 Å². The summed E-state index contributed by atoms with van der Waals surface area (Å²) in [5, 5.41) is 12.1. The predicted molar refractivity (Wildman–Crippen MR) is 87.2 cm³/mol. The molecule has 0 radical (unpaired) electrons. The van der Waals surface area contributed by atoms with Crippen molar-refractivity contribution in [3.8, 4) is 0 Å². The van der Waals surface area contributed by atoms with Crippen molar-refractivity contribution in [3.05, 3.63) is 29.3 Å². The molecule has 0 saturated carbocycles. The second-order valence-corrected chi connectivity index (χ2v) is 5.81. The van der Waals surface area contributed by atoms with Gasteiger partial charge in [0.15, 0.2) is 5.84 Å². The van der Waals surface area contributed by atoms with E-state index in [-0.39, 0.29) is 5.84 Å². The summed E-state index contributed by atoms with van der Waals surface area (Å²) in [6.45, 7) is 7.47. The summed E-state index contributed by atoms with van der Waals surface area (Å²) in [6.07, 6.45) is 2.51. The zero-order valence-corrected chi connectivity index (χ0v) is 13.2. The van der Waals surface area contributed by atoms with Crippen LogP contribution in [0.15, 0.2) is 23.4 Å². The number of hydrogen-bond donors (Lipinski definition) is 2. The van der Waals surface area contributed by atoms with E-state index in [1.165, 1.54) is 19.4 Å². The van der Waals surface area contributed by atoms with E-state index in [4.69, 9.17) is 10.9 Å². The number of nitrogens with two attached hydrogens (primary N) is 1. The van der Waals surface area contributed by atoms with Crippen LogP contribution in [0.4, 0.5) is 5.69 Å². The van der Waals surface area contributed by atoms with Gasteiger partial charge in [-0.2, -0.15) is 0 Å². The van der Waals surface area contributed by atoms with Gasteiger partial charge in [0.2, 0.25) is 0 Å². The van der Waals surface area contributed by atoms with Crippen molar-refractivity contribution in [1.82, 2.24) is 4.90 Å². The summed E-state index contributed by atoms with van der Waals surface area (Å²) in [5.41, 5.74) is 8.73. The largest absolute Gasteiger partial charge is 0.409 e.